The third kappa shape index (κ3) is 6.02. The first-order valence-electron chi connectivity index (χ1n) is 7.05. The topological polar surface area (TPSA) is 12.0 Å². The van der Waals surface area contributed by atoms with Crippen molar-refractivity contribution in [3.05, 3.63) is 47.5 Å². The molecule has 0 aliphatic rings. The average Bonchev–Trinajstić information content (AvgIpc) is 2.34. The summed E-state index contributed by atoms with van der Waals surface area (Å²) in [6.45, 7) is 11.6. The van der Waals surface area contributed by atoms with Crippen molar-refractivity contribution in [1.29, 1.82) is 0 Å². The van der Waals surface area contributed by atoms with Gasteiger partial charge in [0.1, 0.15) is 0 Å². The summed E-state index contributed by atoms with van der Waals surface area (Å²) in [7, 11) is 0. The van der Waals surface area contributed by atoms with Gasteiger partial charge in [0.05, 0.1) is 0 Å². The second-order valence-electron chi connectivity index (χ2n) is 5.34. The second-order valence-corrected chi connectivity index (χ2v) is 5.34. The van der Waals surface area contributed by atoms with Crippen molar-refractivity contribution in [3.63, 3.8) is 0 Å². The van der Waals surface area contributed by atoms with Crippen LogP contribution in [-0.4, -0.2) is 12.6 Å². The number of rotatable bonds is 8. The van der Waals surface area contributed by atoms with E-state index >= 15 is 0 Å². The highest BCUT2D eigenvalue weighted by molar-refractivity contribution is 5.21. The smallest absolute Gasteiger partial charge is 0.0107 e. The molecule has 1 nitrogen and oxygen atoms in total. The molecule has 0 radical (unpaired) electrons. The van der Waals surface area contributed by atoms with Crippen LogP contribution in [0.25, 0.3) is 0 Å². The molecule has 100 valence electrons. The minimum atomic E-state index is 0.573. The lowest BCUT2D eigenvalue weighted by molar-refractivity contribution is 0.476. The Bertz CT molecular complexity index is 350. The van der Waals surface area contributed by atoms with Crippen molar-refractivity contribution in [2.75, 3.05) is 6.54 Å². The Morgan fingerprint density at radius 3 is 2.50 bits per heavy atom. The van der Waals surface area contributed by atoms with E-state index < -0.39 is 0 Å². The zero-order valence-electron chi connectivity index (χ0n) is 12.1. The van der Waals surface area contributed by atoms with Gasteiger partial charge in [-0.25, -0.2) is 0 Å². The van der Waals surface area contributed by atoms with Gasteiger partial charge in [0.25, 0.3) is 0 Å². The molecule has 0 fully saturated rings. The fourth-order valence-electron chi connectivity index (χ4n) is 2.14. The Hall–Kier alpha value is -1.08. The maximum Gasteiger partial charge on any atom is 0.0107 e. The molecular formula is C17H27N. The van der Waals surface area contributed by atoms with Crippen LogP contribution in [0.3, 0.4) is 0 Å². The minimum absolute atomic E-state index is 0.573. The molecule has 0 saturated heterocycles. The van der Waals surface area contributed by atoms with E-state index in [4.69, 9.17) is 0 Å². The van der Waals surface area contributed by atoms with Crippen molar-refractivity contribution >= 4 is 0 Å². The van der Waals surface area contributed by atoms with Crippen LogP contribution >= 0.6 is 0 Å². The first kappa shape index (κ1) is 15.0. The Balaban J connectivity index is 2.44. The van der Waals surface area contributed by atoms with E-state index in [1.54, 1.807) is 0 Å². The lowest BCUT2D eigenvalue weighted by Gasteiger charge is -2.18. The first-order chi connectivity index (χ1) is 8.61. The molecule has 0 aromatic heterocycles. The molecular weight excluding hydrogens is 218 g/mol. The molecule has 1 aromatic carbocycles. The standard InChI is InChI=1S/C17H27N/c1-5-12-18-17(13-14(2)3)11-10-16-8-6-15(4)7-9-16/h6-9,17-18H,2,5,10-13H2,1,3-4H3. The zero-order chi connectivity index (χ0) is 13.4. The lowest BCUT2D eigenvalue weighted by Crippen LogP contribution is -2.30. The van der Waals surface area contributed by atoms with E-state index in [9.17, 15) is 0 Å². The van der Waals surface area contributed by atoms with Crippen LogP contribution in [0.5, 0.6) is 0 Å². The molecule has 0 aliphatic carbocycles. The number of hydrogen-bond donors (Lipinski definition) is 1. The molecule has 0 amide bonds. The van der Waals surface area contributed by atoms with Gasteiger partial charge in [0.15, 0.2) is 0 Å². The van der Waals surface area contributed by atoms with Crippen LogP contribution in [0.15, 0.2) is 36.4 Å². The summed E-state index contributed by atoms with van der Waals surface area (Å²) >= 11 is 0. The Morgan fingerprint density at radius 1 is 1.28 bits per heavy atom. The normalized spacial score (nSPS) is 12.4. The van der Waals surface area contributed by atoms with Crippen molar-refractivity contribution in [3.8, 4) is 0 Å². The Kier molecular flexibility index (Phi) is 6.74. The molecule has 18 heavy (non-hydrogen) atoms. The molecule has 0 heterocycles. The molecule has 0 spiro atoms. The van der Waals surface area contributed by atoms with Crippen LogP contribution in [0.1, 0.15) is 44.2 Å². The number of aryl methyl sites for hydroxylation is 2. The van der Waals surface area contributed by atoms with Gasteiger partial charge in [-0.15, -0.1) is 6.58 Å². The van der Waals surface area contributed by atoms with Crippen molar-refractivity contribution < 1.29 is 0 Å². The third-order valence-corrected chi connectivity index (χ3v) is 3.18. The van der Waals surface area contributed by atoms with E-state index in [1.807, 2.05) is 0 Å². The van der Waals surface area contributed by atoms with E-state index in [1.165, 1.54) is 29.5 Å². The predicted molar refractivity (Wildman–Crippen MR) is 81.0 cm³/mol. The molecule has 1 unspecified atom stereocenters. The van der Waals surface area contributed by atoms with Gasteiger partial charge in [-0.2, -0.15) is 0 Å². The van der Waals surface area contributed by atoms with E-state index in [-0.39, 0.29) is 0 Å². The molecule has 0 saturated carbocycles. The fourth-order valence-corrected chi connectivity index (χ4v) is 2.14. The summed E-state index contributed by atoms with van der Waals surface area (Å²) in [6.07, 6.45) is 4.62. The molecule has 0 bridgehead atoms. The van der Waals surface area contributed by atoms with Crippen LogP contribution in [-0.2, 0) is 6.42 Å². The van der Waals surface area contributed by atoms with Crippen LogP contribution in [0, 0.1) is 6.92 Å². The van der Waals surface area contributed by atoms with E-state index in [0.29, 0.717) is 6.04 Å². The van der Waals surface area contributed by atoms with Gasteiger partial charge in [0, 0.05) is 6.04 Å². The van der Waals surface area contributed by atoms with Crippen LogP contribution < -0.4 is 5.32 Å². The number of hydrogen-bond acceptors (Lipinski definition) is 1. The van der Waals surface area contributed by atoms with Crippen LogP contribution in [0.4, 0.5) is 0 Å². The first-order valence-corrected chi connectivity index (χ1v) is 7.05. The van der Waals surface area contributed by atoms with E-state index in [0.717, 1.165) is 19.4 Å². The Morgan fingerprint density at radius 2 is 1.94 bits per heavy atom. The zero-order valence-corrected chi connectivity index (χ0v) is 12.1. The lowest BCUT2D eigenvalue weighted by atomic mass is 9.99. The number of nitrogens with one attached hydrogen (secondary N) is 1. The van der Waals surface area contributed by atoms with Gasteiger partial charge in [-0.3, -0.25) is 0 Å². The summed E-state index contributed by atoms with van der Waals surface area (Å²) in [5.74, 6) is 0. The van der Waals surface area contributed by atoms with Crippen molar-refractivity contribution in [1.82, 2.24) is 5.32 Å². The summed E-state index contributed by atoms with van der Waals surface area (Å²) in [5, 5.41) is 3.62. The SMILES string of the molecule is C=C(C)CC(CCc1ccc(C)cc1)NCCC. The van der Waals surface area contributed by atoms with Gasteiger partial charge in [0.2, 0.25) is 0 Å². The maximum absolute atomic E-state index is 4.03. The summed E-state index contributed by atoms with van der Waals surface area (Å²) in [5.41, 5.74) is 4.04. The summed E-state index contributed by atoms with van der Waals surface area (Å²) in [4.78, 5) is 0. The quantitative estimate of drug-likeness (QED) is 0.675. The fraction of sp³-hybridized carbons (Fsp3) is 0.529. The van der Waals surface area contributed by atoms with Crippen LogP contribution in [0.2, 0.25) is 0 Å². The molecule has 1 N–H and O–H groups in total. The van der Waals surface area contributed by atoms with Crippen molar-refractivity contribution in [2.24, 2.45) is 0 Å². The minimum Gasteiger partial charge on any atom is -0.314 e. The van der Waals surface area contributed by atoms with Gasteiger partial charge < -0.3 is 5.32 Å². The highest BCUT2D eigenvalue weighted by atomic mass is 14.9. The largest absolute Gasteiger partial charge is 0.314 e. The summed E-state index contributed by atoms with van der Waals surface area (Å²) in [6, 6.07) is 9.45. The molecule has 1 aromatic rings. The third-order valence-electron chi connectivity index (χ3n) is 3.18. The Labute approximate surface area is 112 Å². The van der Waals surface area contributed by atoms with E-state index in [2.05, 4.69) is 56.9 Å². The average molecular weight is 245 g/mol. The molecule has 1 rings (SSSR count). The molecule has 1 heteroatoms. The van der Waals surface area contributed by atoms with Gasteiger partial charge >= 0.3 is 0 Å². The van der Waals surface area contributed by atoms with Crippen molar-refractivity contribution in [2.45, 2.75) is 52.5 Å². The molecule has 0 aliphatic heterocycles. The second kappa shape index (κ2) is 8.10. The van der Waals surface area contributed by atoms with Gasteiger partial charge in [-0.1, -0.05) is 42.3 Å². The number of benzene rings is 1. The highest BCUT2D eigenvalue weighted by Gasteiger charge is 2.08. The molecule has 1 atom stereocenters. The highest BCUT2D eigenvalue weighted by Crippen LogP contribution is 2.11. The van der Waals surface area contributed by atoms with Gasteiger partial charge in [-0.05, 0) is 51.6 Å². The summed E-state index contributed by atoms with van der Waals surface area (Å²) < 4.78 is 0. The monoisotopic (exact) mass is 245 g/mol. The maximum atomic E-state index is 4.03. The predicted octanol–water partition coefficient (Wildman–Crippen LogP) is 4.26.